The van der Waals surface area contributed by atoms with Gasteiger partial charge in [-0.1, -0.05) is 13.8 Å². The van der Waals surface area contributed by atoms with Gasteiger partial charge in [0.1, 0.15) is 5.75 Å². The molecule has 0 aliphatic carbocycles. The topological polar surface area (TPSA) is 35.2 Å². The quantitative estimate of drug-likeness (QED) is 0.821. The highest BCUT2D eigenvalue weighted by Crippen LogP contribution is 2.31. The summed E-state index contributed by atoms with van der Waals surface area (Å²) in [6, 6.07) is 4.05. The zero-order chi connectivity index (χ0) is 12.3. The molecule has 0 saturated heterocycles. The van der Waals surface area contributed by atoms with Crippen molar-refractivity contribution in [3.8, 4) is 5.75 Å². The molecule has 0 bridgehead atoms. The number of benzene rings is 1. The fraction of sp³-hybridized carbons (Fsp3) is 0.538. The minimum absolute atomic E-state index is 0.106. The van der Waals surface area contributed by atoms with Crippen molar-refractivity contribution in [2.45, 2.75) is 32.7 Å². The molecule has 0 aromatic heterocycles. The lowest BCUT2D eigenvalue weighted by Gasteiger charge is -2.18. The lowest BCUT2D eigenvalue weighted by atomic mass is 9.94. The third-order valence-electron chi connectivity index (χ3n) is 2.81. The van der Waals surface area contributed by atoms with Gasteiger partial charge < -0.3 is 10.5 Å². The number of rotatable bonds is 4. The van der Waals surface area contributed by atoms with Gasteiger partial charge in [0.2, 0.25) is 0 Å². The molecule has 0 heterocycles. The Morgan fingerprint density at radius 1 is 1.31 bits per heavy atom. The highest BCUT2D eigenvalue weighted by Gasteiger charge is 2.14. The SMILES string of the molecule is COc1cc(C)c(C(N)CCl)cc1C(C)C. The van der Waals surface area contributed by atoms with Gasteiger partial charge in [0.25, 0.3) is 0 Å². The van der Waals surface area contributed by atoms with Crippen molar-refractivity contribution in [1.82, 2.24) is 0 Å². The summed E-state index contributed by atoms with van der Waals surface area (Å²) in [5, 5.41) is 0. The van der Waals surface area contributed by atoms with Gasteiger partial charge in [-0.15, -0.1) is 11.6 Å². The maximum Gasteiger partial charge on any atom is 0.122 e. The summed E-state index contributed by atoms with van der Waals surface area (Å²) in [5.41, 5.74) is 9.41. The molecule has 0 aliphatic heterocycles. The van der Waals surface area contributed by atoms with E-state index in [1.807, 2.05) is 13.0 Å². The monoisotopic (exact) mass is 241 g/mol. The van der Waals surface area contributed by atoms with Crippen molar-refractivity contribution in [2.75, 3.05) is 13.0 Å². The maximum atomic E-state index is 5.98. The van der Waals surface area contributed by atoms with Crippen LogP contribution >= 0.6 is 11.6 Å². The fourth-order valence-corrected chi connectivity index (χ4v) is 1.99. The van der Waals surface area contributed by atoms with Gasteiger partial charge in [0.15, 0.2) is 0 Å². The van der Waals surface area contributed by atoms with Gasteiger partial charge in [-0.05, 0) is 41.7 Å². The molecule has 90 valence electrons. The van der Waals surface area contributed by atoms with Crippen molar-refractivity contribution in [1.29, 1.82) is 0 Å². The van der Waals surface area contributed by atoms with E-state index in [0.717, 1.165) is 16.9 Å². The minimum Gasteiger partial charge on any atom is -0.496 e. The molecule has 2 nitrogen and oxygen atoms in total. The predicted octanol–water partition coefficient (Wildman–Crippen LogP) is 3.37. The standard InChI is InChI=1S/C13H20ClNO/c1-8(2)10-6-11(12(15)7-14)9(3)5-13(10)16-4/h5-6,8,12H,7,15H2,1-4H3. The van der Waals surface area contributed by atoms with E-state index in [4.69, 9.17) is 22.1 Å². The van der Waals surface area contributed by atoms with Crippen molar-refractivity contribution in [2.24, 2.45) is 5.73 Å². The number of methoxy groups -OCH3 is 1. The first kappa shape index (κ1) is 13.3. The molecule has 1 unspecified atom stereocenters. The summed E-state index contributed by atoms with van der Waals surface area (Å²) in [6.07, 6.45) is 0. The normalized spacial score (nSPS) is 12.9. The van der Waals surface area contributed by atoms with Crippen LogP contribution in [0.4, 0.5) is 0 Å². The van der Waals surface area contributed by atoms with E-state index in [9.17, 15) is 0 Å². The first-order valence-electron chi connectivity index (χ1n) is 5.51. The van der Waals surface area contributed by atoms with Crippen LogP contribution in [-0.2, 0) is 0 Å². The van der Waals surface area contributed by atoms with Crippen molar-refractivity contribution in [3.63, 3.8) is 0 Å². The number of ether oxygens (including phenoxy) is 1. The largest absolute Gasteiger partial charge is 0.496 e. The summed E-state index contributed by atoms with van der Waals surface area (Å²) >= 11 is 5.81. The third kappa shape index (κ3) is 2.69. The summed E-state index contributed by atoms with van der Waals surface area (Å²) in [4.78, 5) is 0. The van der Waals surface area contributed by atoms with Crippen LogP contribution in [-0.4, -0.2) is 13.0 Å². The molecule has 0 saturated carbocycles. The van der Waals surface area contributed by atoms with Gasteiger partial charge in [0, 0.05) is 11.9 Å². The lowest BCUT2D eigenvalue weighted by molar-refractivity contribution is 0.407. The van der Waals surface area contributed by atoms with E-state index in [1.54, 1.807) is 7.11 Å². The van der Waals surface area contributed by atoms with Crippen LogP contribution in [0.25, 0.3) is 0 Å². The van der Waals surface area contributed by atoms with E-state index in [0.29, 0.717) is 11.8 Å². The Morgan fingerprint density at radius 2 is 1.94 bits per heavy atom. The Balaban J connectivity index is 3.27. The average Bonchev–Trinajstić information content (AvgIpc) is 2.27. The molecule has 0 fully saturated rings. The van der Waals surface area contributed by atoms with Crippen molar-refractivity contribution < 1.29 is 4.74 Å². The highest BCUT2D eigenvalue weighted by atomic mass is 35.5. The molecule has 0 spiro atoms. The number of nitrogens with two attached hydrogens (primary N) is 1. The van der Waals surface area contributed by atoms with E-state index in [2.05, 4.69) is 19.9 Å². The Labute approximate surface area is 103 Å². The lowest BCUT2D eigenvalue weighted by Crippen LogP contribution is -2.14. The van der Waals surface area contributed by atoms with E-state index in [-0.39, 0.29) is 6.04 Å². The molecule has 0 amide bonds. The van der Waals surface area contributed by atoms with Crippen molar-refractivity contribution >= 4 is 11.6 Å². The van der Waals surface area contributed by atoms with Gasteiger partial charge in [0.05, 0.1) is 7.11 Å². The molecule has 1 rings (SSSR count). The Hall–Kier alpha value is -0.730. The van der Waals surface area contributed by atoms with Gasteiger partial charge in [-0.25, -0.2) is 0 Å². The molecule has 3 heteroatoms. The number of aryl methyl sites for hydroxylation is 1. The smallest absolute Gasteiger partial charge is 0.122 e. The molecule has 1 atom stereocenters. The van der Waals surface area contributed by atoms with Crippen LogP contribution in [0.2, 0.25) is 0 Å². The van der Waals surface area contributed by atoms with Crippen LogP contribution in [0, 0.1) is 6.92 Å². The van der Waals surface area contributed by atoms with Crippen LogP contribution in [0.5, 0.6) is 5.75 Å². The minimum atomic E-state index is -0.106. The summed E-state index contributed by atoms with van der Waals surface area (Å²) in [7, 11) is 1.70. The van der Waals surface area contributed by atoms with Crippen LogP contribution in [0.3, 0.4) is 0 Å². The molecule has 2 N–H and O–H groups in total. The van der Waals surface area contributed by atoms with Gasteiger partial charge in [-0.2, -0.15) is 0 Å². The Kier molecular flexibility index (Phi) is 4.63. The van der Waals surface area contributed by atoms with Crippen molar-refractivity contribution in [3.05, 3.63) is 28.8 Å². The van der Waals surface area contributed by atoms with Gasteiger partial charge in [-0.3, -0.25) is 0 Å². The number of halogens is 1. The highest BCUT2D eigenvalue weighted by molar-refractivity contribution is 6.18. The Bertz CT molecular complexity index is 363. The zero-order valence-electron chi connectivity index (χ0n) is 10.4. The number of hydrogen-bond acceptors (Lipinski definition) is 2. The molecular formula is C13H20ClNO. The first-order chi connectivity index (χ1) is 7.51. The number of alkyl halides is 1. The van der Waals surface area contributed by atoms with E-state index < -0.39 is 0 Å². The van der Waals surface area contributed by atoms with E-state index in [1.165, 1.54) is 5.56 Å². The predicted molar refractivity (Wildman–Crippen MR) is 69.5 cm³/mol. The summed E-state index contributed by atoms with van der Waals surface area (Å²) < 4.78 is 5.38. The maximum absolute atomic E-state index is 5.98. The molecule has 0 radical (unpaired) electrons. The van der Waals surface area contributed by atoms with Gasteiger partial charge >= 0.3 is 0 Å². The molecular weight excluding hydrogens is 222 g/mol. The van der Waals surface area contributed by atoms with Crippen LogP contribution < -0.4 is 10.5 Å². The fourth-order valence-electron chi connectivity index (χ4n) is 1.83. The molecule has 16 heavy (non-hydrogen) atoms. The second-order valence-electron chi connectivity index (χ2n) is 4.37. The second-order valence-corrected chi connectivity index (χ2v) is 4.67. The first-order valence-corrected chi connectivity index (χ1v) is 6.04. The van der Waals surface area contributed by atoms with E-state index >= 15 is 0 Å². The summed E-state index contributed by atoms with van der Waals surface area (Å²) in [6.45, 7) is 6.32. The van der Waals surface area contributed by atoms with Crippen LogP contribution in [0.1, 0.15) is 42.5 Å². The third-order valence-corrected chi connectivity index (χ3v) is 3.14. The Morgan fingerprint density at radius 3 is 2.38 bits per heavy atom. The molecule has 1 aromatic carbocycles. The number of hydrogen-bond donors (Lipinski definition) is 1. The summed E-state index contributed by atoms with van der Waals surface area (Å²) in [5.74, 6) is 1.78. The second kappa shape index (κ2) is 5.55. The molecule has 1 aromatic rings. The molecule has 0 aliphatic rings. The van der Waals surface area contributed by atoms with Crippen LogP contribution in [0.15, 0.2) is 12.1 Å². The zero-order valence-corrected chi connectivity index (χ0v) is 11.1. The average molecular weight is 242 g/mol.